The summed E-state index contributed by atoms with van der Waals surface area (Å²) in [7, 11) is 0. The van der Waals surface area contributed by atoms with Crippen LogP contribution in [0.3, 0.4) is 0 Å². The van der Waals surface area contributed by atoms with E-state index in [1.807, 2.05) is 5.38 Å². The quantitative estimate of drug-likeness (QED) is 0.839. The Hall–Kier alpha value is -0.940. The Morgan fingerprint density at radius 3 is 3.24 bits per heavy atom. The number of carbonyl (C=O) groups excluding carboxylic acids is 1. The molecule has 0 aromatic carbocycles. The number of nitrogens with zero attached hydrogens (tertiary/aromatic N) is 1. The fourth-order valence-corrected chi connectivity index (χ4v) is 2.64. The number of hydrogen-bond donors (Lipinski definition) is 2. The van der Waals surface area contributed by atoms with Crippen molar-refractivity contribution in [3.05, 3.63) is 16.6 Å². The van der Waals surface area contributed by atoms with Crippen molar-refractivity contribution >= 4 is 17.2 Å². The zero-order valence-corrected chi connectivity index (χ0v) is 10.8. The zero-order valence-electron chi connectivity index (χ0n) is 9.95. The van der Waals surface area contributed by atoms with Gasteiger partial charge in [-0.2, -0.15) is 0 Å². The molecule has 0 spiro atoms. The van der Waals surface area contributed by atoms with Crippen LogP contribution in [0, 0.1) is 0 Å². The van der Waals surface area contributed by atoms with Crippen LogP contribution in [0.2, 0.25) is 0 Å². The van der Waals surface area contributed by atoms with E-state index in [2.05, 4.69) is 15.6 Å². The Labute approximate surface area is 106 Å². The SMILES string of the molecule is O=C(CCC1CCCCN1)NCc1cscn1. The summed E-state index contributed by atoms with van der Waals surface area (Å²) in [6.45, 7) is 1.66. The first-order valence-electron chi connectivity index (χ1n) is 6.22. The van der Waals surface area contributed by atoms with Crippen LogP contribution in [-0.2, 0) is 11.3 Å². The van der Waals surface area contributed by atoms with Crippen molar-refractivity contribution in [1.29, 1.82) is 0 Å². The molecule has 4 nitrogen and oxygen atoms in total. The molecule has 2 rings (SSSR count). The lowest BCUT2D eigenvalue weighted by Gasteiger charge is -2.22. The number of rotatable bonds is 5. The monoisotopic (exact) mass is 253 g/mol. The molecule has 2 N–H and O–H groups in total. The third-order valence-electron chi connectivity index (χ3n) is 3.08. The van der Waals surface area contributed by atoms with E-state index >= 15 is 0 Å². The summed E-state index contributed by atoms with van der Waals surface area (Å²) in [5, 5.41) is 8.32. The van der Waals surface area contributed by atoms with Gasteiger partial charge in [0.2, 0.25) is 5.91 Å². The predicted molar refractivity (Wildman–Crippen MR) is 68.8 cm³/mol. The van der Waals surface area contributed by atoms with Gasteiger partial charge in [-0.15, -0.1) is 11.3 Å². The van der Waals surface area contributed by atoms with Gasteiger partial charge < -0.3 is 10.6 Å². The van der Waals surface area contributed by atoms with Gasteiger partial charge in [0.15, 0.2) is 0 Å². The Bertz CT molecular complexity index is 334. The molecule has 0 saturated carbocycles. The molecule has 94 valence electrons. The van der Waals surface area contributed by atoms with E-state index < -0.39 is 0 Å². The second kappa shape index (κ2) is 6.71. The van der Waals surface area contributed by atoms with E-state index in [1.165, 1.54) is 19.3 Å². The van der Waals surface area contributed by atoms with Crippen LogP contribution in [0.1, 0.15) is 37.8 Å². The molecule has 0 aliphatic carbocycles. The van der Waals surface area contributed by atoms with Gasteiger partial charge >= 0.3 is 0 Å². The third kappa shape index (κ3) is 4.44. The first-order chi connectivity index (χ1) is 8.34. The third-order valence-corrected chi connectivity index (χ3v) is 3.72. The maximum atomic E-state index is 11.6. The van der Waals surface area contributed by atoms with Gasteiger partial charge in [-0.05, 0) is 25.8 Å². The number of amides is 1. The number of carbonyl (C=O) groups is 1. The molecule has 1 aliphatic rings. The van der Waals surface area contributed by atoms with E-state index in [4.69, 9.17) is 0 Å². The van der Waals surface area contributed by atoms with E-state index in [0.29, 0.717) is 19.0 Å². The van der Waals surface area contributed by atoms with Gasteiger partial charge in [-0.3, -0.25) is 4.79 Å². The average Bonchev–Trinajstić information content (AvgIpc) is 2.88. The summed E-state index contributed by atoms with van der Waals surface area (Å²) in [6.07, 6.45) is 5.33. The highest BCUT2D eigenvalue weighted by atomic mass is 32.1. The molecule has 1 aromatic rings. The molecule has 0 bridgehead atoms. The molecule has 1 atom stereocenters. The molecule has 1 aromatic heterocycles. The average molecular weight is 253 g/mol. The van der Waals surface area contributed by atoms with E-state index in [1.54, 1.807) is 16.8 Å². The predicted octanol–water partition coefficient (Wildman–Crippen LogP) is 1.68. The zero-order chi connectivity index (χ0) is 11.9. The molecule has 5 heteroatoms. The Morgan fingerprint density at radius 2 is 2.53 bits per heavy atom. The normalized spacial score (nSPS) is 20.1. The number of thiazole rings is 1. The van der Waals surface area contributed by atoms with Crippen LogP contribution in [0.25, 0.3) is 0 Å². The van der Waals surface area contributed by atoms with Crippen LogP contribution < -0.4 is 10.6 Å². The smallest absolute Gasteiger partial charge is 0.220 e. The summed E-state index contributed by atoms with van der Waals surface area (Å²) < 4.78 is 0. The molecule has 0 radical (unpaired) electrons. The van der Waals surface area contributed by atoms with E-state index in [9.17, 15) is 4.79 Å². The largest absolute Gasteiger partial charge is 0.350 e. The molecule has 1 unspecified atom stereocenters. The van der Waals surface area contributed by atoms with Crippen molar-refractivity contribution in [3.8, 4) is 0 Å². The summed E-state index contributed by atoms with van der Waals surface area (Å²) >= 11 is 1.55. The lowest BCUT2D eigenvalue weighted by molar-refractivity contribution is -0.121. The summed E-state index contributed by atoms with van der Waals surface area (Å²) in [5.74, 6) is 0.130. The first kappa shape index (κ1) is 12.5. The highest BCUT2D eigenvalue weighted by Gasteiger charge is 2.13. The van der Waals surface area contributed by atoms with Crippen LogP contribution >= 0.6 is 11.3 Å². The molecular weight excluding hydrogens is 234 g/mol. The van der Waals surface area contributed by atoms with Gasteiger partial charge in [0.1, 0.15) is 0 Å². The molecule has 17 heavy (non-hydrogen) atoms. The standard InChI is InChI=1S/C12H19N3OS/c16-12(14-7-11-8-17-9-15-11)5-4-10-3-1-2-6-13-10/h8-10,13H,1-7H2,(H,14,16). The summed E-state index contributed by atoms with van der Waals surface area (Å²) in [5.41, 5.74) is 2.73. The molecule has 2 heterocycles. The Kier molecular flexibility index (Phi) is 4.94. The van der Waals surface area contributed by atoms with Crippen molar-refractivity contribution in [2.24, 2.45) is 0 Å². The minimum absolute atomic E-state index is 0.130. The molecule has 1 amide bonds. The maximum absolute atomic E-state index is 11.6. The number of hydrogen-bond acceptors (Lipinski definition) is 4. The van der Waals surface area contributed by atoms with Crippen molar-refractivity contribution in [2.75, 3.05) is 6.54 Å². The number of piperidine rings is 1. The summed E-state index contributed by atoms with van der Waals surface area (Å²) in [6, 6.07) is 0.536. The second-order valence-electron chi connectivity index (χ2n) is 4.44. The fraction of sp³-hybridized carbons (Fsp3) is 0.667. The van der Waals surface area contributed by atoms with Crippen LogP contribution in [-0.4, -0.2) is 23.5 Å². The van der Waals surface area contributed by atoms with Crippen molar-refractivity contribution in [3.63, 3.8) is 0 Å². The first-order valence-corrected chi connectivity index (χ1v) is 7.16. The van der Waals surface area contributed by atoms with Gasteiger partial charge in [0.25, 0.3) is 0 Å². The maximum Gasteiger partial charge on any atom is 0.220 e. The Morgan fingerprint density at radius 1 is 1.59 bits per heavy atom. The van der Waals surface area contributed by atoms with Gasteiger partial charge in [-0.25, -0.2) is 4.98 Å². The van der Waals surface area contributed by atoms with Crippen LogP contribution in [0.15, 0.2) is 10.9 Å². The van der Waals surface area contributed by atoms with Crippen molar-refractivity contribution in [1.82, 2.24) is 15.6 Å². The van der Waals surface area contributed by atoms with Crippen molar-refractivity contribution < 1.29 is 4.79 Å². The van der Waals surface area contributed by atoms with Crippen LogP contribution in [0.4, 0.5) is 0 Å². The number of aromatic nitrogens is 1. The minimum atomic E-state index is 0.130. The summed E-state index contributed by atoms with van der Waals surface area (Å²) in [4.78, 5) is 15.7. The lowest BCUT2D eigenvalue weighted by atomic mass is 10.0. The minimum Gasteiger partial charge on any atom is -0.350 e. The van der Waals surface area contributed by atoms with E-state index in [-0.39, 0.29) is 5.91 Å². The highest BCUT2D eigenvalue weighted by molar-refractivity contribution is 7.07. The topological polar surface area (TPSA) is 54.0 Å². The molecule has 1 saturated heterocycles. The fourth-order valence-electron chi connectivity index (χ4n) is 2.08. The van der Waals surface area contributed by atoms with Crippen LogP contribution in [0.5, 0.6) is 0 Å². The lowest BCUT2D eigenvalue weighted by Crippen LogP contribution is -2.35. The molecular formula is C12H19N3OS. The highest BCUT2D eigenvalue weighted by Crippen LogP contribution is 2.11. The van der Waals surface area contributed by atoms with Gasteiger partial charge in [0.05, 0.1) is 17.7 Å². The van der Waals surface area contributed by atoms with E-state index in [0.717, 1.165) is 18.7 Å². The van der Waals surface area contributed by atoms with Gasteiger partial charge in [-0.1, -0.05) is 6.42 Å². The number of nitrogens with one attached hydrogen (secondary N) is 2. The second-order valence-corrected chi connectivity index (χ2v) is 5.16. The Balaban J connectivity index is 1.60. The van der Waals surface area contributed by atoms with Gasteiger partial charge in [0, 0.05) is 17.8 Å². The molecule has 1 aliphatic heterocycles. The molecule has 1 fully saturated rings. The van der Waals surface area contributed by atoms with Crippen molar-refractivity contribution in [2.45, 2.75) is 44.7 Å².